The van der Waals surface area contributed by atoms with Crippen molar-refractivity contribution < 1.29 is 12.6 Å². The third-order valence-corrected chi connectivity index (χ3v) is 11.0. The lowest BCUT2D eigenvalue weighted by atomic mass is 9.79. The van der Waals surface area contributed by atoms with Crippen LogP contribution in [0.15, 0.2) is 29.2 Å². The van der Waals surface area contributed by atoms with Gasteiger partial charge in [-0.25, -0.2) is 13.1 Å². The number of nitrogens with one attached hydrogen (secondary N) is 1. The molecule has 1 saturated carbocycles. The smallest absolute Gasteiger partial charge is 0.242 e. The van der Waals surface area contributed by atoms with E-state index < -0.39 is 20.8 Å². The van der Waals surface area contributed by atoms with Gasteiger partial charge in [0.2, 0.25) is 10.0 Å². The Hall–Kier alpha value is -1.44. The molecule has 2 aromatic rings. The highest BCUT2D eigenvalue weighted by Crippen LogP contribution is 2.37. The Labute approximate surface area is 221 Å². The second-order valence-electron chi connectivity index (χ2n) is 13.0. The molecule has 1 N–H and O–H groups in total. The van der Waals surface area contributed by atoms with Crippen molar-refractivity contribution in [2.75, 3.05) is 11.5 Å². The fourth-order valence-corrected chi connectivity index (χ4v) is 8.06. The fraction of sp³-hybridized carbons (Fsp3) is 0.655. The van der Waals surface area contributed by atoms with Crippen LogP contribution in [0.2, 0.25) is 0 Å². The van der Waals surface area contributed by atoms with Crippen LogP contribution in [-0.2, 0) is 38.2 Å². The van der Waals surface area contributed by atoms with Gasteiger partial charge in [-0.1, -0.05) is 66.9 Å². The topological polar surface area (TPSA) is 68.2 Å². The summed E-state index contributed by atoms with van der Waals surface area (Å²) in [5.74, 6) is 1.36. The van der Waals surface area contributed by atoms with Gasteiger partial charge in [-0.3, -0.25) is 4.21 Å². The lowest BCUT2D eigenvalue weighted by Crippen LogP contribution is -2.50. The van der Waals surface area contributed by atoms with Gasteiger partial charge in [-0.15, -0.1) is 0 Å². The highest BCUT2D eigenvalue weighted by atomic mass is 32.2. The lowest BCUT2D eigenvalue weighted by Gasteiger charge is -2.27. The molecule has 1 aromatic carbocycles. The van der Waals surface area contributed by atoms with Gasteiger partial charge >= 0.3 is 0 Å². The van der Waals surface area contributed by atoms with Crippen molar-refractivity contribution in [3.8, 4) is 11.3 Å². The summed E-state index contributed by atoms with van der Waals surface area (Å²) >= 11 is 0. The first-order chi connectivity index (χ1) is 16.6. The van der Waals surface area contributed by atoms with Gasteiger partial charge < -0.3 is 4.57 Å². The van der Waals surface area contributed by atoms with Crippen molar-refractivity contribution in [3.63, 3.8) is 0 Å². The van der Waals surface area contributed by atoms with E-state index in [-0.39, 0.29) is 16.9 Å². The van der Waals surface area contributed by atoms with Crippen molar-refractivity contribution in [2.45, 2.75) is 109 Å². The number of hydrogen-bond donors (Lipinski definition) is 1. The molecule has 0 unspecified atom stereocenters. The minimum atomic E-state index is -3.71. The third-order valence-electron chi connectivity index (χ3n) is 7.83. The van der Waals surface area contributed by atoms with Gasteiger partial charge in [-0.05, 0) is 71.4 Å². The minimum absolute atomic E-state index is 0.0256. The van der Waals surface area contributed by atoms with Crippen molar-refractivity contribution >= 4 is 20.8 Å². The molecular formula is C29H44N2O3S2. The number of benzene rings is 1. The molecule has 36 heavy (non-hydrogen) atoms. The molecule has 1 aromatic heterocycles. The molecule has 1 aliphatic heterocycles. The normalized spacial score (nSPS) is 22.0. The Morgan fingerprint density at radius 2 is 1.47 bits per heavy atom. The maximum Gasteiger partial charge on any atom is 0.242 e. The van der Waals surface area contributed by atoms with Crippen LogP contribution in [0.4, 0.5) is 0 Å². The third kappa shape index (κ3) is 5.99. The van der Waals surface area contributed by atoms with Crippen LogP contribution in [0.3, 0.4) is 0 Å². The van der Waals surface area contributed by atoms with Crippen LogP contribution in [0.5, 0.6) is 0 Å². The lowest BCUT2D eigenvalue weighted by molar-refractivity contribution is 0.318. The van der Waals surface area contributed by atoms with E-state index in [0.29, 0.717) is 22.3 Å². The van der Waals surface area contributed by atoms with E-state index in [4.69, 9.17) is 0 Å². The predicted octanol–water partition coefficient (Wildman–Crippen LogP) is 6.05. The average Bonchev–Trinajstić information content (AvgIpc) is 3.09. The largest absolute Gasteiger partial charge is 0.343 e. The summed E-state index contributed by atoms with van der Waals surface area (Å²) in [7, 11) is -4.61. The van der Waals surface area contributed by atoms with Crippen LogP contribution in [0.1, 0.15) is 90.5 Å². The predicted molar refractivity (Wildman–Crippen MR) is 151 cm³/mol. The van der Waals surface area contributed by atoms with Crippen molar-refractivity contribution in [1.29, 1.82) is 0 Å². The first kappa shape index (κ1) is 27.6. The van der Waals surface area contributed by atoms with E-state index >= 15 is 0 Å². The molecule has 200 valence electrons. The van der Waals surface area contributed by atoms with Crippen LogP contribution in [0, 0.1) is 12.8 Å². The van der Waals surface area contributed by atoms with Crippen molar-refractivity contribution in [1.82, 2.24) is 9.29 Å². The second kappa shape index (κ2) is 10.0. The molecule has 2 fully saturated rings. The minimum Gasteiger partial charge on any atom is -0.343 e. The number of nitrogens with zero attached hydrogens (tertiary/aromatic N) is 1. The number of hydrogen-bond acceptors (Lipinski definition) is 3. The molecule has 0 spiro atoms. The number of aromatic nitrogens is 1. The molecule has 7 heteroatoms. The number of rotatable bonds is 6. The Morgan fingerprint density at radius 1 is 0.917 bits per heavy atom. The molecule has 1 aliphatic carbocycles. The molecule has 0 amide bonds. The van der Waals surface area contributed by atoms with Gasteiger partial charge in [-0.2, -0.15) is 0 Å². The maximum absolute atomic E-state index is 13.5. The summed E-state index contributed by atoms with van der Waals surface area (Å²) in [6.45, 7) is 16.2. The SMILES string of the molecule is Cc1c(S(=O)(=O)NC2CS(=O)C2)cc(-c2cc(C(C)(C)C)cc(C(C)(C)C)c2)n1CC1CCCCC1. The zero-order chi connectivity index (χ0) is 26.5. The summed E-state index contributed by atoms with van der Waals surface area (Å²) in [5.41, 5.74) is 5.32. The molecule has 4 rings (SSSR count). The van der Waals surface area contributed by atoms with Crippen molar-refractivity contribution in [2.24, 2.45) is 5.92 Å². The summed E-state index contributed by atoms with van der Waals surface area (Å²) < 4.78 is 43.6. The van der Waals surface area contributed by atoms with E-state index in [1.807, 2.05) is 13.0 Å². The molecule has 0 radical (unpaired) electrons. The molecular weight excluding hydrogens is 488 g/mol. The van der Waals surface area contributed by atoms with Crippen LogP contribution in [0.25, 0.3) is 11.3 Å². The first-order valence-electron chi connectivity index (χ1n) is 13.4. The van der Waals surface area contributed by atoms with E-state index in [2.05, 4.69) is 69.0 Å². The highest BCUT2D eigenvalue weighted by molar-refractivity contribution is 7.90. The second-order valence-corrected chi connectivity index (χ2v) is 16.2. The van der Waals surface area contributed by atoms with Gasteiger partial charge in [0.1, 0.15) is 4.90 Å². The van der Waals surface area contributed by atoms with Gasteiger partial charge in [0, 0.05) is 46.3 Å². The molecule has 2 heterocycles. The van der Waals surface area contributed by atoms with Crippen LogP contribution < -0.4 is 4.72 Å². The fourth-order valence-electron chi connectivity index (χ4n) is 5.39. The Balaban J connectivity index is 1.85. The molecule has 5 nitrogen and oxygen atoms in total. The maximum atomic E-state index is 13.5. The van der Waals surface area contributed by atoms with Crippen LogP contribution in [-0.4, -0.2) is 34.7 Å². The Morgan fingerprint density at radius 3 is 1.97 bits per heavy atom. The van der Waals surface area contributed by atoms with Crippen molar-refractivity contribution in [3.05, 3.63) is 41.1 Å². The van der Waals surface area contributed by atoms with E-state index in [1.165, 1.54) is 43.2 Å². The first-order valence-corrected chi connectivity index (χ1v) is 16.4. The van der Waals surface area contributed by atoms with Gasteiger partial charge in [0.15, 0.2) is 0 Å². The summed E-state index contributed by atoms with van der Waals surface area (Å²) in [6, 6.07) is 8.45. The summed E-state index contributed by atoms with van der Waals surface area (Å²) in [4.78, 5) is 0.351. The van der Waals surface area contributed by atoms with E-state index in [9.17, 15) is 12.6 Å². The van der Waals surface area contributed by atoms with Gasteiger partial charge in [0.05, 0.1) is 0 Å². The quantitative estimate of drug-likeness (QED) is 0.493. The van der Waals surface area contributed by atoms with Crippen LogP contribution >= 0.6 is 0 Å². The molecule has 0 bridgehead atoms. The standard InChI is InChI=1S/C29H44N2O3S2/c1-20-27(36(33,34)30-25-18-35(32)19-25)16-26(31(20)17-21-11-9-8-10-12-21)22-13-23(28(2,3)4)15-24(14-22)29(5,6)7/h13-16,21,25,30H,8-12,17-19H2,1-7H3. The van der Waals surface area contributed by atoms with E-state index in [1.54, 1.807) is 0 Å². The van der Waals surface area contributed by atoms with Gasteiger partial charge in [0.25, 0.3) is 0 Å². The Bertz CT molecular complexity index is 1200. The molecule has 1 saturated heterocycles. The average molecular weight is 533 g/mol. The number of sulfonamides is 1. The van der Waals surface area contributed by atoms with E-state index in [0.717, 1.165) is 23.5 Å². The zero-order valence-corrected chi connectivity index (χ0v) is 24.7. The molecule has 2 aliphatic rings. The summed E-state index contributed by atoms with van der Waals surface area (Å²) in [6.07, 6.45) is 6.18. The Kier molecular flexibility index (Phi) is 7.69. The monoisotopic (exact) mass is 532 g/mol. The highest BCUT2D eigenvalue weighted by Gasteiger charge is 2.33. The molecule has 0 atom stereocenters. The summed E-state index contributed by atoms with van der Waals surface area (Å²) in [5, 5.41) is 0. The zero-order valence-electron chi connectivity index (χ0n) is 23.1.